The zero-order valence-electron chi connectivity index (χ0n) is 14.7. The molecule has 4 atom stereocenters. The zero-order valence-corrected chi connectivity index (χ0v) is 14.7. The Morgan fingerprint density at radius 2 is 2.05 bits per heavy atom. The van der Waals surface area contributed by atoms with E-state index >= 15 is 0 Å². The largest absolute Gasteiger partial charge is 0.354 e. The van der Waals surface area contributed by atoms with Crippen LogP contribution in [0.1, 0.15) is 60.3 Å². The summed E-state index contributed by atoms with van der Waals surface area (Å²) in [7, 11) is 2.02. The lowest BCUT2D eigenvalue weighted by Crippen LogP contribution is -2.57. The molecule has 0 radical (unpaired) electrons. The molecule has 0 bridgehead atoms. The van der Waals surface area contributed by atoms with Gasteiger partial charge in [0.25, 0.3) is 0 Å². The first-order valence-corrected chi connectivity index (χ1v) is 8.38. The summed E-state index contributed by atoms with van der Waals surface area (Å²) >= 11 is 0. The van der Waals surface area contributed by atoms with E-state index in [9.17, 15) is 0 Å². The van der Waals surface area contributed by atoms with E-state index in [-0.39, 0.29) is 11.7 Å². The predicted molar refractivity (Wildman–Crippen MR) is 91.4 cm³/mol. The van der Waals surface area contributed by atoms with Gasteiger partial charge in [-0.2, -0.15) is 0 Å². The zero-order chi connectivity index (χ0) is 16.0. The van der Waals surface area contributed by atoms with Gasteiger partial charge in [0.2, 0.25) is 0 Å². The minimum atomic E-state index is -0.103. The first kappa shape index (κ1) is 18.2. The van der Waals surface area contributed by atoms with Crippen molar-refractivity contribution >= 4 is 5.96 Å². The lowest BCUT2D eigenvalue weighted by atomic mass is 9.92. The molecule has 0 saturated carbocycles. The van der Waals surface area contributed by atoms with Gasteiger partial charge in [0.15, 0.2) is 5.96 Å². The molecule has 0 amide bonds. The highest BCUT2D eigenvalue weighted by molar-refractivity contribution is 5.81. The topological polar surface area (TPSA) is 74.5 Å². The third-order valence-corrected chi connectivity index (χ3v) is 4.61. The minimum Gasteiger partial charge on any atom is -0.354 e. The quantitative estimate of drug-likeness (QED) is 0.578. The van der Waals surface area contributed by atoms with Crippen LogP contribution in [0.2, 0.25) is 0 Å². The van der Waals surface area contributed by atoms with Crippen LogP contribution in [0.4, 0.5) is 0 Å². The number of nitrogens with zero attached hydrogens (tertiary/aromatic N) is 1. The SMILES string of the molecule is CCCC(CC(C)(C)NC)NC1=NC(N)C(CC)[C@@H](C)N1. The highest BCUT2D eigenvalue weighted by Gasteiger charge is 2.29. The molecule has 5 N–H and O–H groups in total. The Labute approximate surface area is 130 Å². The molecule has 0 saturated heterocycles. The molecule has 5 nitrogen and oxygen atoms in total. The third-order valence-electron chi connectivity index (χ3n) is 4.61. The highest BCUT2D eigenvalue weighted by Crippen LogP contribution is 2.18. The van der Waals surface area contributed by atoms with Crippen LogP contribution in [0, 0.1) is 5.92 Å². The van der Waals surface area contributed by atoms with Gasteiger partial charge in [-0.3, -0.25) is 0 Å². The molecule has 0 fully saturated rings. The molecule has 0 aromatic heterocycles. The summed E-state index contributed by atoms with van der Waals surface area (Å²) in [4.78, 5) is 4.61. The van der Waals surface area contributed by atoms with E-state index in [1.807, 2.05) is 7.05 Å². The van der Waals surface area contributed by atoms with Gasteiger partial charge in [0.05, 0.1) is 0 Å². The van der Waals surface area contributed by atoms with Gasteiger partial charge >= 0.3 is 0 Å². The number of aliphatic imine (C=N–C) groups is 1. The molecule has 0 spiro atoms. The Bertz CT molecular complexity index is 340. The van der Waals surface area contributed by atoms with Crippen LogP contribution in [0.5, 0.6) is 0 Å². The fraction of sp³-hybridized carbons (Fsp3) is 0.938. The Balaban J connectivity index is 2.71. The van der Waals surface area contributed by atoms with Gasteiger partial charge in [-0.1, -0.05) is 20.3 Å². The van der Waals surface area contributed by atoms with Gasteiger partial charge < -0.3 is 21.7 Å². The number of nitrogens with one attached hydrogen (secondary N) is 3. The van der Waals surface area contributed by atoms with Crippen molar-refractivity contribution in [1.82, 2.24) is 16.0 Å². The molecule has 1 rings (SSSR count). The first-order chi connectivity index (χ1) is 9.82. The molecule has 0 aromatic rings. The van der Waals surface area contributed by atoms with E-state index in [1.165, 1.54) is 0 Å². The van der Waals surface area contributed by atoms with Crippen molar-refractivity contribution in [3.63, 3.8) is 0 Å². The van der Waals surface area contributed by atoms with Gasteiger partial charge in [0, 0.05) is 23.5 Å². The van der Waals surface area contributed by atoms with E-state index in [0.717, 1.165) is 31.6 Å². The van der Waals surface area contributed by atoms with Crippen molar-refractivity contribution in [2.45, 2.75) is 84.1 Å². The first-order valence-electron chi connectivity index (χ1n) is 8.38. The molecule has 3 unspecified atom stereocenters. The average Bonchev–Trinajstić information content (AvgIpc) is 2.38. The standard InChI is InChI=1S/C16H35N5/c1-7-9-12(10-16(4,5)18-6)20-15-19-11(3)13(8-2)14(17)21-15/h11-14,18H,7-10,17H2,1-6H3,(H2,19,20,21)/t11-,12?,13?,14?/m1/s1. The van der Waals surface area contributed by atoms with Crippen molar-refractivity contribution in [3.05, 3.63) is 0 Å². The van der Waals surface area contributed by atoms with Crippen molar-refractivity contribution in [2.24, 2.45) is 16.6 Å². The van der Waals surface area contributed by atoms with Crippen LogP contribution in [-0.2, 0) is 0 Å². The molecule has 5 heteroatoms. The molecular weight excluding hydrogens is 262 g/mol. The maximum absolute atomic E-state index is 6.19. The van der Waals surface area contributed by atoms with Crippen molar-refractivity contribution in [2.75, 3.05) is 7.05 Å². The fourth-order valence-corrected chi connectivity index (χ4v) is 3.06. The third kappa shape index (κ3) is 5.47. The van der Waals surface area contributed by atoms with Crippen molar-refractivity contribution in [1.29, 1.82) is 0 Å². The molecular formula is C16H35N5. The highest BCUT2D eigenvalue weighted by atomic mass is 15.2. The Morgan fingerprint density at radius 3 is 2.52 bits per heavy atom. The second kappa shape index (κ2) is 7.99. The number of hydrogen-bond donors (Lipinski definition) is 4. The summed E-state index contributed by atoms with van der Waals surface area (Å²) in [6.07, 6.45) is 4.29. The number of hydrogen-bond acceptors (Lipinski definition) is 5. The van der Waals surface area contributed by atoms with E-state index in [4.69, 9.17) is 5.73 Å². The number of rotatable bonds is 7. The summed E-state index contributed by atoms with van der Waals surface area (Å²) in [5.41, 5.74) is 6.31. The van der Waals surface area contributed by atoms with Crippen LogP contribution in [0.3, 0.4) is 0 Å². The molecule has 124 valence electrons. The van der Waals surface area contributed by atoms with Gasteiger partial charge in [-0.25, -0.2) is 4.99 Å². The van der Waals surface area contributed by atoms with E-state index in [1.54, 1.807) is 0 Å². The molecule has 1 aliphatic rings. The molecule has 1 heterocycles. The number of guanidine groups is 1. The van der Waals surface area contributed by atoms with Gasteiger partial charge in [-0.05, 0) is 47.1 Å². The Kier molecular flexibility index (Phi) is 6.94. The summed E-state index contributed by atoms with van der Waals surface area (Å²) in [5, 5.41) is 10.4. The van der Waals surface area contributed by atoms with Crippen LogP contribution >= 0.6 is 0 Å². The maximum atomic E-state index is 6.19. The fourth-order valence-electron chi connectivity index (χ4n) is 3.06. The minimum absolute atomic E-state index is 0.103. The maximum Gasteiger partial charge on any atom is 0.193 e. The van der Waals surface area contributed by atoms with E-state index in [0.29, 0.717) is 18.0 Å². The van der Waals surface area contributed by atoms with E-state index in [2.05, 4.69) is 55.6 Å². The van der Waals surface area contributed by atoms with Crippen LogP contribution < -0.4 is 21.7 Å². The van der Waals surface area contributed by atoms with Gasteiger partial charge in [0.1, 0.15) is 6.17 Å². The predicted octanol–water partition coefficient (Wildman–Crippen LogP) is 1.79. The number of nitrogens with two attached hydrogens (primary N) is 1. The molecule has 0 aliphatic carbocycles. The van der Waals surface area contributed by atoms with Crippen LogP contribution in [0.15, 0.2) is 4.99 Å². The normalized spacial score (nSPS) is 27.8. The lowest BCUT2D eigenvalue weighted by molar-refractivity contribution is 0.304. The molecule has 21 heavy (non-hydrogen) atoms. The van der Waals surface area contributed by atoms with E-state index < -0.39 is 0 Å². The monoisotopic (exact) mass is 297 g/mol. The van der Waals surface area contributed by atoms with Crippen LogP contribution in [-0.4, -0.2) is 36.8 Å². The lowest BCUT2D eigenvalue weighted by Gasteiger charge is -2.36. The second-order valence-corrected chi connectivity index (χ2v) is 6.94. The van der Waals surface area contributed by atoms with Gasteiger partial charge in [-0.15, -0.1) is 0 Å². The Hall–Kier alpha value is -0.810. The summed E-state index contributed by atoms with van der Waals surface area (Å²) in [6.45, 7) is 11.0. The Morgan fingerprint density at radius 1 is 1.38 bits per heavy atom. The second-order valence-electron chi connectivity index (χ2n) is 6.94. The van der Waals surface area contributed by atoms with Crippen molar-refractivity contribution in [3.8, 4) is 0 Å². The molecule has 0 aromatic carbocycles. The summed E-state index contributed by atoms with van der Waals surface area (Å²) in [5.74, 6) is 1.28. The average molecular weight is 297 g/mol. The van der Waals surface area contributed by atoms with Crippen LogP contribution in [0.25, 0.3) is 0 Å². The summed E-state index contributed by atoms with van der Waals surface area (Å²) in [6, 6.07) is 0.769. The summed E-state index contributed by atoms with van der Waals surface area (Å²) < 4.78 is 0. The van der Waals surface area contributed by atoms with Crippen molar-refractivity contribution < 1.29 is 0 Å². The molecule has 1 aliphatic heterocycles. The smallest absolute Gasteiger partial charge is 0.193 e.